The molecule has 180 valence electrons. The minimum atomic E-state index is -4.80. The molecule has 0 spiro atoms. The zero-order valence-corrected chi connectivity index (χ0v) is 18.5. The van der Waals surface area contributed by atoms with Gasteiger partial charge in [0, 0.05) is 6.54 Å². The molecule has 1 fully saturated rings. The van der Waals surface area contributed by atoms with Gasteiger partial charge in [0.25, 0.3) is 0 Å². The maximum atomic E-state index is 15.4. The Balaban J connectivity index is 1.90. The number of alkyl halides is 3. The van der Waals surface area contributed by atoms with Gasteiger partial charge in [-0.1, -0.05) is 26.8 Å². The molecule has 1 aliphatic rings. The molecule has 3 rings (SSSR count). The third-order valence-corrected chi connectivity index (χ3v) is 5.45. The van der Waals surface area contributed by atoms with Crippen molar-refractivity contribution >= 4 is 17.5 Å². The Bertz CT molecular complexity index is 1020. The number of nitrogens with zero attached hydrogens (tertiary/aromatic N) is 3. The van der Waals surface area contributed by atoms with Gasteiger partial charge in [0.2, 0.25) is 11.7 Å². The molecule has 33 heavy (non-hydrogen) atoms. The van der Waals surface area contributed by atoms with Crippen LogP contribution < -0.4 is 16.0 Å². The van der Waals surface area contributed by atoms with Crippen LogP contribution in [0.1, 0.15) is 57.2 Å². The van der Waals surface area contributed by atoms with Crippen molar-refractivity contribution in [1.82, 2.24) is 9.97 Å². The molecule has 1 saturated heterocycles. The van der Waals surface area contributed by atoms with Gasteiger partial charge in [-0.2, -0.15) is 17.6 Å². The van der Waals surface area contributed by atoms with Gasteiger partial charge in [0.05, 0.1) is 11.6 Å². The van der Waals surface area contributed by atoms with Crippen molar-refractivity contribution in [2.75, 3.05) is 16.8 Å². The average Bonchev–Trinajstić information content (AvgIpc) is 3.16. The lowest BCUT2D eigenvalue weighted by molar-refractivity contribution is -0.140. The first-order valence-electron chi connectivity index (χ1n) is 10.5. The number of halogens is 5. The first kappa shape index (κ1) is 24.7. The van der Waals surface area contributed by atoms with E-state index in [1.165, 1.54) is 6.07 Å². The van der Waals surface area contributed by atoms with Crippen LogP contribution in [-0.2, 0) is 11.0 Å². The van der Waals surface area contributed by atoms with Gasteiger partial charge < -0.3 is 16.0 Å². The molecular formula is C22H26F5N5O. The Morgan fingerprint density at radius 1 is 1.24 bits per heavy atom. The second-order valence-electron chi connectivity index (χ2n) is 9.31. The van der Waals surface area contributed by atoms with Gasteiger partial charge in [-0.3, -0.25) is 4.79 Å². The third kappa shape index (κ3) is 5.69. The van der Waals surface area contributed by atoms with Crippen LogP contribution in [0.5, 0.6) is 0 Å². The van der Waals surface area contributed by atoms with E-state index in [0.717, 1.165) is 12.4 Å². The zero-order valence-electron chi connectivity index (χ0n) is 18.5. The summed E-state index contributed by atoms with van der Waals surface area (Å²) in [5, 5.41) is 2.74. The maximum Gasteiger partial charge on any atom is 0.419 e. The predicted molar refractivity (Wildman–Crippen MR) is 113 cm³/mol. The number of carbonyl (C=O) groups is 1. The van der Waals surface area contributed by atoms with Gasteiger partial charge in [-0.25, -0.2) is 14.4 Å². The summed E-state index contributed by atoms with van der Waals surface area (Å²) < 4.78 is 68.2. The first-order valence-corrected chi connectivity index (χ1v) is 10.5. The van der Waals surface area contributed by atoms with Crippen molar-refractivity contribution in [2.24, 2.45) is 11.1 Å². The normalized spacial score (nSPS) is 17.8. The highest BCUT2D eigenvalue weighted by atomic mass is 19.4. The Labute approximate surface area is 188 Å². The van der Waals surface area contributed by atoms with Crippen LogP contribution in [0.15, 0.2) is 24.5 Å². The van der Waals surface area contributed by atoms with Gasteiger partial charge in [0.15, 0.2) is 11.6 Å². The number of primary amides is 1. The third-order valence-electron chi connectivity index (χ3n) is 5.45. The quantitative estimate of drug-likeness (QED) is 0.591. The topological polar surface area (TPSA) is 84.1 Å². The Kier molecular flexibility index (Phi) is 6.80. The molecule has 1 amide bonds. The number of rotatable bonds is 6. The summed E-state index contributed by atoms with van der Waals surface area (Å²) in [7, 11) is 0. The SMILES string of the molecule is CC(C)(C)C[C@@H](Nc1ncnc(N2CCCC2c2ccc(C(F)(F)F)c(F)c2)c1F)C(N)=O. The molecule has 2 atom stereocenters. The number of carbonyl (C=O) groups excluding carboxylic acids is 1. The lowest BCUT2D eigenvalue weighted by Crippen LogP contribution is -2.39. The number of aromatic nitrogens is 2. The van der Waals surface area contributed by atoms with Crippen molar-refractivity contribution in [3.8, 4) is 0 Å². The summed E-state index contributed by atoms with van der Waals surface area (Å²) >= 11 is 0. The van der Waals surface area contributed by atoms with Gasteiger partial charge >= 0.3 is 6.18 Å². The summed E-state index contributed by atoms with van der Waals surface area (Å²) in [6.07, 6.45) is -2.27. The fourth-order valence-corrected chi connectivity index (χ4v) is 4.00. The number of nitrogens with one attached hydrogen (secondary N) is 1. The van der Waals surface area contributed by atoms with Crippen LogP contribution >= 0.6 is 0 Å². The van der Waals surface area contributed by atoms with E-state index >= 15 is 4.39 Å². The van der Waals surface area contributed by atoms with E-state index in [0.29, 0.717) is 31.9 Å². The van der Waals surface area contributed by atoms with E-state index in [9.17, 15) is 22.4 Å². The average molecular weight is 471 g/mol. The summed E-state index contributed by atoms with van der Waals surface area (Å²) in [6, 6.07) is 1.27. The van der Waals surface area contributed by atoms with E-state index in [4.69, 9.17) is 5.73 Å². The first-order chi connectivity index (χ1) is 15.3. The van der Waals surface area contributed by atoms with Gasteiger partial charge in [0.1, 0.15) is 18.2 Å². The van der Waals surface area contributed by atoms with Crippen molar-refractivity contribution in [3.05, 3.63) is 47.3 Å². The fraction of sp³-hybridized carbons (Fsp3) is 0.500. The largest absolute Gasteiger partial charge is 0.419 e. The highest BCUT2D eigenvalue weighted by molar-refractivity contribution is 5.82. The monoisotopic (exact) mass is 471 g/mol. The Morgan fingerprint density at radius 2 is 1.94 bits per heavy atom. The maximum absolute atomic E-state index is 15.4. The van der Waals surface area contributed by atoms with E-state index in [1.54, 1.807) is 4.90 Å². The second kappa shape index (κ2) is 9.11. The van der Waals surface area contributed by atoms with Crippen molar-refractivity contribution in [1.29, 1.82) is 0 Å². The molecule has 1 unspecified atom stereocenters. The van der Waals surface area contributed by atoms with E-state index < -0.39 is 41.4 Å². The summed E-state index contributed by atoms with van der Waals surface area (Å²) in [5.41, 5.74) is 4.12. The number of anilines is 2. The van der Waals surface area contributed by atoms with Crippen molar-refractivity contribution in [2.45, 2.75) is 58.3 Å². The van der Waals surface area contributed by atoms with E-state index in [1.807, 2.05) is 20.8 Å². The van der Waals surface area contributed by atoms with Crippen LogP contribution in [-0.4, -0.2) is 28.5 Å². The summed E-state index contributed by atoms with van der Waals surface area (Å²) in [6.45, 7) is 6.08. The number of nitrogens with two attached hydrogens (primary N) is 1. The number of hydrogen-bond acceptors (Lipinski definition) is 5. The molecule has 2 aromatic rings. The minimum Gasteiger partial charge on any atom is -0.368 e. The van der Waals surface area contributed by atoms with Crippen LogP contribution in [0.2, 0.25) is 0 Å². The number of hydrogen-bond donors (Lipinski definition) is 2. The van der Waals surface area contributed by atoms with Crippen LogP contribution in [0, 0.1) is 17.0 Å². The molecule has 1 aromatic heterocycles. The fourth-order valence-electron chi connectivity index (χ4n) is 4.00. The molecule has 11 heteroatoms. The molecule has 0 saturated carbocycles. The summed E-state index contributed by atoms with van der Waals surface area (Å²) in [4.78, 5) is 21.3. The second-order valence-corrected chi connectivity index (χ2v) is 9.31. The zero-order chi connectivity index (χ0) is 24.6. The van der Waals surface area contributed by atoms with Crippen molar-refractivity contribution in [3.63, 3.8) is 0 Å². The molecule has 6 nitrogen and oxygen atoms in total. The molecule has 0 bridgehead atoms. The summed E-state index contributed by atoms with van der Waals surface area (Å²) in [5.74, 6) is -3.17. The highest BCUT2D eigenvalue weighted by Gasteiger charge is 2.36. The Morgan fingerprint density at radius 3 is 2.52 bits per heavy atom. The molecular weight excluding hydrogens is 445 g/mol. The van der Waals surface area contributed by atoms with E-state index in [-0.39, 0.29) is 22.6 Å². The molecule has 0 aliphatic carbocycles. The molecule has 1 aliphatic heterocycles. The Hall–Kier alpha value is -2.98. The van der Waals surface area contributed by atoms with E-state index in [2.05, 4.69) is 15.3 Å². The van der Waals surface area contributed by atoms with Gasteiger partial charge in [-0.05, 0) is 42.4 Å². The number of amides is 1. The lowest BCUT2D eigenvalue weighted by atomic mass is 9.88. The standard InChI is InChI=1S/C22H26F5N5O/c1-21(2,3)10-15(18(28)33)31-19-17(24)20(30-11-29-19)32-8-4-5-16(32)12-6-7-13(14(23)9-12)22(25,26)27/h6-7,9,11,15-16H,4-5,8,10H2,1-3H3,(H2,28,33)(H,29,30,31)/t15-,16?/m1/s1. The lowest BCUT2D eigenvalue weighted by Gasteiger charge is -2.28. The van der Waals surface area contributed by atoms with Crippen molar-refractivity contribution < 1.29 is 26.7 Å². The minimum absolute atomic E-state index is 0.0886. The molecule has 1 aromatic carbocycles. The predicted octanol–water partition coefficient (Wildman–Crippen LogP) is 4.82. The van der Waals surface area contributed by atoms with Crippen LogP contribution in [0.3, 0.4) is 0 Å². The van der Waals surface area contributed by atoms with Gasteiger partial charge in [-0.15, -0.1) is 0 Å². The highest BCUT2D eigenvalue weighted by Crippen LogP contribution is 2.39. The molecule has 2 heterocycles. The molecule has 3 N–H and O–H groups in total. The van der Waals surface area contributed by atoms with Crippen LogP contribution in [0.4, 0.5) is 33.6 Å². The smallest absolute Gasteiger partial charge is 0.368 e. The van der Waals surface area contributed by atoms with Crippen LogP contribution in [0.25, 0.3) is 0 Å². The number of benzene rings is 1. The molecule has 0 radical (unpaired) electrons.